The molecule has 7 heteroatoms. The van der Waals surface area contributed by atoms with Gasteiger partial charge in [-0.05, 0) is 42.9 Å². The Morgan fingerprint density at radius 1 is 1.18 bits per heavy atom. The Morgan fingerprint density at radius 2 is 1.82 bits per heavy atom. The second-order valence-electron chi connectivity index (χ2n) is 7.05. The highest BCUT2D eigenvalue weighted by atomic mass is 32.2. The standard InChI is InChI=1S/C21H25N3O3S/c1-22(15-16-7-9-18(28-2)10-8-16)21(25)17-11-13-23(14-12-17)19-5-3-4-6-20(19)24(26)27/h3-10,17H,11-15H2,1-2H3. The van der Waals surface area contributed by atoms with Crippen molar-refractivity contribution in [3.05, 3.63) is 64.2 Å². The largest absolute Gasteiger partial charge is 0.366 e. The van der Waals surface area contributed by atoms with Crippen molar-refractivity contribution >= 4 is 29.0 Å². The van der Waals surface area contributed by atoms with E-state index in [1.54, 1.807) is 28.8 Å². The first-order valence-corrected chi connectivity index (χ1v) is 10.6. The zero-order valence-corrected chi connectivity index (χ0v) is 17.0. The van der Waals surface area contributed by atoms with E-state index in [1.165, 1.54) is 11.0 Å². The van der Waals surface area contributed by atoms with E-state index < -0.39 is 0 Å². The molecule has 0 bridgehead atoms. The number of anilines is 1. The van der Waals surface area contributed by atoms with Gasteiger partial charge in [0.1, 0.15) is 5.69 Å². The minimum absolute atomic E-state index is 0.0329. The Labute approximate surface area is 169 Å². The molecule has 1 aliphatic heterocycles. The van der Waals surface area contributed by atoms with Gasteiger partial charge in [0.15, 0.2) is 0 Å². The molecule has 0 spiro atoms. The Kier molecular flexibility index (Phi) is 6.57. The summed E-state index contributed by atoms with van der Waals surface area (Å²) in [6.07, 6.45) is 3.46. The fourth-order valence-electron chi connectivity index (χ4n) is 3.65. The van der Waals surface area contributed by atoms with Crippen molar-refractivity contribution in [1.82, 2.24) is 4.90 Å². The summed E-state index contributed by atoms with van der Waals surface area (Å²) in [7, 11) is 1.85. The Morgan fingerprint density at radius 3 is 2.43 bits per heavy atom. The number of nitro benzene ring substituents is 1. The van der Waals surface area contributed by atoms with Crippen LogP contribution in [0.15, 0.2) is 53.4 Å². The topological polar surface area (TPSA) is 66.7 Å². The van der Waals surface area contributed by atoms with Gasteiger partial charge in [0, 0.05) is 43.6 Å². The third-order valence-electron chi connectivity index (χ3n) is 5.22. The molecule has 1 heterocycles. The summed E-state index contributed by atoms with van der Waals surface area (Å²) in [6, 6.07) is 15.1. The summed E-state index contributed by atoms with van der Waals surface area (Å²) >= 11 is 1.70. The Hall–Kier alpha value is -2.54. The van der Waals surface area contributed by atoms with Crippen LogP contribution in [-0.2, 0) is 11.3 Å². The van der Waals surface area contributed by atoms with Gasteiger partial charge in [-0.3, -0.25) is 14.9 Å². The third kappa shape index (κ3) is 4.65. The lowest BCUT2D eigenvalue weighted by atomic mass is 9.94. The summed E-state index contributed by atoms with van der Waals surface area (Å²) in [5.41, 5.74) is 1.88. The van der Waals surface area contributed by atoms with Gasteiger partial charge >= 0.3 is 0 Å². The second-order valence-corrected chi connectivity index (χ2v) is 7.93. The van der Waals surface area contributed by atoms with Crippen LogP contribution in [0.1, 0.15) is 18.4 Å². The zero-order chi connectivity index (χ0) is 20.1. The average Bonchev–Trinajstić information content (AvgIpc) is 2.73. The van der Waals surface area contributed by atoms with E-state index in [9.17, 15) is 14.9 Å². The molecule has 2 aromatic carbocycles. The summed E-state index contributed by atoms with van der Waals surface area (Å²) in [5, 5.41) is 11.3. The smallest absolute Gasteiger partial charge is 0.292 e. The Balaban J connectivity index is 1.58. The van der Waals surface area contributed by atoms with Gasteiger partial charge in [-0.1, -0.05) is 24.3 Å². The monoisotopic (exact) mass is 399 g/mol. The number of hydrogen-bond acceptors (Lipinski definition) is 5. The van der Waals surface area contributed by atoms with Crippen molar-refractivity contribution in [2.24, 2.45) is 5.92 Å². The van der Waals surface area contributed by atoms with Crippen LogP contribution >= 0.6 is 11.8 Å². The van der Waals surface area contributed by atoms with E-state index in [2.05, 4.69) is 24.3 Å². The number of carbonyl (C=O) groups excluding carboxylic acids is 1. The molecular formula is C21H25N3O3S. The van der Waals surface area contributed by atoms with Gasteiger partial charge in [-0.15, -0.1) is 11.8 Å². The van der Waals surface area contributed by atoms with E-state index in [-0.39, 0.29) is 22.4 Å². The molecule has 0 atom stereocenters. The molecule has 1 fully saturated rings. The number of benzene rings is 2. The van der Waals surface area contributed by atoms with Crippen molar-refractivity contribution in [1.29, 1.82) is 0 Å². The molecule has 0 saturated carbocycles. The highest BCUT2D eigenvalue weighted by Gasteiger charge is 2.29. The van der Waals surface area contributed by atoms with Crippen LogP contribution in [0.5, 0.6) is 0 Å². The summed E-state index contributed by atoms with van der Waals surface area (Å²) < 4.78 is 0. The number of amides is 1. The molecule has 3 rings (SSSR count). The van der Waals surface area contributed by atoms with Crippen LogP contribution in [-0.4, -0.2) is 42.1 Å². The zero-order valence-electron chi connectivity index (χ0n) is 16.2. The van der Waals surface area contributed by atoms with E-state index in [4.69, 9.17) is 0 Å². The first-order valence-electron chi connectivity index (χ1n) is 9.36. The van der Waals surface area contributed by atoms with Crippen molar-refractivity contribution < 1.29 is 9.72 Å². The molecular weight excluding hydrogens is 374 g/mol. The van der Waals surface area contributed by atoms with Crippen LogP contribution in [0.4, 0.5) is 11.4 Å². The number of nitro groups is 1. The number of nitrogens with zero attached hydrogens (tertiary/aromatic N) is 3. The average molecular weight is 400 g/mol. The molecule has 1 saturated heterocycles. The molecule has 2 aromatic rings. The van der Waals surface area contributed by atoms with Crippen molar-refractivity contribution in [2.75, 3.05) is 31.3 Å². The van der Waals surface area contributed by atoms with E-state index in [1.807, 2.05) is 24.3 Å². The fourth-order valence-corrected chi connectivity index (χ4v) is 4.06. The molecule has 6 nitrogen and oxygen atoms in total. The molecule has 0 unspecified atom stereocenters. The van der Waals surface area contributed by atoms with Gasteiger partial charge in [0.05, 0.1) is 4.92 Å². The quantitative estimate of drug-likeness (QED) is 0.414. The SMILES string of the molecule is CSc1ccc(CN(C)C(=O)C2CCN(c3ccccc3[N+](=O)[O-])CC2)cc1. The minimum atomic E-state index is -0.345. The number of carbonyl (C=O) groups is 1. The van der Waals surface area contributed by atoms with Gasteiger partial charge < -0.3 is 9.80 Å². The van der Waals surface area contributed by atoms with Crippen LogP contribution in [0.25, 0.3) is 0 Å². The normalized spacial score (nSPS) is 14.7. The molecule has 28 heavy (non-hydrogen) atoms. The molecule has 1 aliphatic rings. The van der Waals surface area contributed by atoms with E-state index in [0.29, 0.717) is 38.2 Å². The maximum absolute atomic E-state index is 12.8. The maximum Gasteiger partial charge on any atom is 0.292 e. The first-order chi connectivity index (χ1) is 13.5. The molecule has 0 aromatic heterocycles. The van der Waals surface area contributed by atoms with Crippen LogP contribution < -0.4 is 4.90 Å². The fraction of sp³-hybridized carbons (Fsp3) is 0.381. The molecule has 0 aliphatic carbocycles. The van der Waals surface area contributed by atoms with E-state index >= 15 is 0 Å². The van der Waals surface area contributed by atoms with Crippen LogP contribution in [0.2, 0.25) is 0 Å². The second kappa shape index (κ2) is 9.10. The lowest BCUT2D eigenvalue weighted by Crippen LogP contribution is -2.41. The summed E-state index contributed by atoms with van der Waals surface area (Å²) in [6.45, 7) is 1.90. The number of rotatable bonds is 6. The van der Waals surface area contributed by atoms with Crippen molar-refractivity contribution in [2.45, 2.75) is 24.3 Å². The molecule has 0 N–H and O–H groups in total. The van der Waals surface area contributed by atoms with Crippen LogP contribution in [0, 0.1) is 16.0 Å². The summed E-state index contributed by atoms with van der Waals surface area (Å²) in [4.78, 5) is 28.8. The highest BCUT2D eigenvalue weighted by molar-refractivity contribution is 7.98. The number of hydrogen-bond donors (Lipinski definition) is 0. The predicted molar refractivity (Wildman–Crippen MR) is 113 cm³/mol. The molecule has 148 valence electrons. The van der Waals surface area contributed by atoms with Gasteiger partial charge in [0.25, 0.3) is 5.69 Å². The first kappa shape index (κ1) is 20.2. The van der Waals surface area contributed by atoms with Crippen molar-refractivity contribution in [3.8, 4) is 0 Å². The lowest BCUT2D eigenvalue weighted by Gasteiger charge is -2.34. The maximum atomic E-state index is 12.8. The van der Waals surface area contributed by atoms with Crippen LogP contribution in [0.3, 0.4) is 0 Å². The van der Waals surface area contributed by atoms with E-state index in [0.717, 1.165) is 5.56 Å². The number of para-hydroxylation sites is 2. The van der Waals surface area contributed by atoms with Gasteiger partial charge in [-0.2, -0.15) is 0 Å². The number of piperidine rings is 1. The highest BCUT2D eigenvalue weighted by Crippen LogP contribution is 2.31. The van der Waals surface area contributed by atoms with Crippen molar-refractivity contribution in [3.63, 3.8) is 0 Å². The summed E-state index contributed by atoms with van der Waals surface area (Å²) in [5.74, 6) is 0.116. The van der Waals surface area contributed by atoms with Gasteiger partial charge in [-0.25, -0.2) is 0 Å². The molecule has 1 amide bonds. The third-order valence-corrected chi connectivity index (χ3v) is 5.96. The molecule has 0 radical (unpaired) electrons. The van der Waals surface area contributed by atoms with Gasteiger partial charge in [0.2, 0.25) is 5.91 Å². The lowest BCUT2D eigenvalue weighted by molar-refractivity contribution is -0.384. The minimum Gasteiger partial charge on any atom is -0.366 e. The Bertz CT molecular complexity index is 833. The predicted octanol–water partition coefficient (Wildman–Crippen LogP) is 4.19. The number of thioether (sulfide) groups is 1.